The molecular formula is C14H16N2O3. The first-order valence-electron chi connectivity index (χ1n) is 5.91. The topological polar surface area (TPSA) is 55.6 Å². The number of aromatic nitrogens is 1. The van der Waals surface area contributed by atoms with Crippen LogP contribution >= 0.6 is 0 Å². The third-order valence-corrected chi connectivity index (χ3v) is 2.76. The Balaban J connectivity index is 2.04. The Labute approximate surface area is 111 Å². The van der Waals surface area contributed by atoms with E-state index in [1.165, 1.54) is 0 Å². The molecule has 0 saturated heterocycles. The number of hydrogen-bond acceptors (Lipinski definition) is 5. The van der Waals surface area contributed by atoms with E-state index in [2.05, 4.69) is 4.98 Å². The lowest BCUT2D eigenvalue weighted by molar-refractivity contribution is 0.0471. The molecule has 0 N–H and O–H groups in total. The van der Waals surface area contributed by atoms with Crippen LogP contribution in [-0.2, 0) is 11.3 Å². The molecule has 0 unspecified atom stereocenters. The molecule has 2 heterocycles. The SMILES string of the molecule is Cc1occc1COC(=O)c1ccnc(N(C)C)c1. The number of esters is 1. The van der Waals surface area contributed by atoms with Crippen molar-refractivity contribution in [1.29, 1.82) is 0 Å². The van der Waals surface area contributed by atoms with Gasteiger partial charge in [-0.3, -0.25) is 0 Å². The highest BCUT2D eigenvalue weighted by Crippen LogP contribution is 2.14. The Morgan fingerprint density at radius 1 is 1.42 bits per heavy atom. The van der Waals surface area contributed by atoms with E-state index >= 15 is 0 Å². The minimum atomic E-state index is -0.369. The first-order chi connectivity index (χ1) is 9.08. The van der Waals surface area contributed by atoms with Gasteiger partial charge < -0.3 is 14.1 Å². The second-order valence-corrected chi connectivity index (χ2v) is 4.38. The van der Waals surface area contributed by atoms with Gasteiger partial charge in [-0.05, 0) is 25.1 Å². The Kier molecular flexibility index (Phi) is 3.85. The molecule has 0 aliphatic heterocycles. The molecule has 2 rings (SSSR count). The highest BCUT2D eigenvalue weighted by atomic mass is 16.5. The number of hydrogen-bond donors (Lipinski definition) is 0. The standard InChI is InChI=1S/C14H16N2O3/c1-10-12(5-7-18-10)9-19-14(17)11-4-6-15-13(8-11)16(2)3/h4-8H,9H2,1-3H3. The fraction of sp³-hybridized carbons (Fsp3) is 0.286. The Morgan fingerprint density at radius 3 is 2.84 bits per heavy atom. The van der Waals surface area contributed by atoms with Gasteiger partial charge in [0, 0.05) is 25.9 Å². The number of pyridine rings is 1. The zero-order valence-electron chi connectivity index (χ0n) is 11.2. The van der Waals surface area contributed by atoms with E-state index in [4.69, 9.17) is 9.15 Å². The molecule has 19 heavy (non-hydrogen) atoms. The minimum Gasteiger partial charge on any atom is -0.469 e. The van der Waals surface area contributed by atoms with Crippen molar-refractivity contribution in [1.82, 2.24) is 4.98 Å². The quantitative estimate of drug-likeness (QED) is 0.790. The smallest absolute Gasteiger partial charge is 0.338 e. The number of anilines is 1. The molecule has 0 bridgehead atoms. The van der Waals surface area contributed by atoms with Gasteiger partial charge in [-0.15, -0.1) is 0 Å². The fourth-order valence-electron chi connectivity index (χ4n) is 1.58. The Hall–Kier alpha value is -2.30. The minimum absolute atomic E-state index is 0.209. The molecule has 0 saturated carbocycles. The van der Waals surface area contributed by atoms with Crippen LogP contribution in [0.4, 0.5) is 5.82 Å². The summed E-state index contributed by atoms with van der Waals surface area (Å²) in [7, 11) is 3.73. The van der Waals surface area contributed by atoms with Crippen LogP contribution in [0.5, 0.6) is 0 Å². The van der Waals surface area contributed by atoms with Crippen LogP contribution in [0.1, 0.15) is 21.7 Å². The summed E-state index contributed by atoms with van der Waals surface area (Å²) in [5.41, 5.74) is 1.36. The number of carbonyl (C=O) groups excluding carboxylic acids is 1. The van der Waals surface area contributed by atoms with E-state index < -0.39 is 0 Å². The Morgan fingerprint density at radius 2 is 2.21 bits per heavy atom. The molecular weight excluding hydrogens is 244 g/mol. The average molecular weight is 260 g/mol. The van der Waals surface area contributed by atoms with E-state index in [1.54, 1.807) is 30.7 Å². The van der Waals surface area contributed by atoms with Crippen LogP contribution in [0.15, 0.2) is 35.1 Å². The third kappa shape index (κ3) is 3.13. The molecule has 0 amide bonds. The Bertz CT molecular complexity index is 576. The molecule has 2 aromatic rings. The maximum absolute atomic E-state index is 11.9. The molecule has 0 aliphatic carbocycles. The van der Waals surface area contributed by atoms with Gasteiger partial charge in [0.1, 0.15) is 18.2 Å². The van der Waals surface area contributed by atoms with Crippen molar-refractivity contribution in [3.63, 3.8) is 0 Å². The predicted octanol–water partition coefficient (Wildman–Crippen LogP) is 2.41. The van der Waals surface area contributed by atoms with E-state index in [1.807, 2.05) is 25.9 Å². The fourth-order valence-corrected chi connectivity index (χ4v) is 1.58. The molecule has 2 aromatic heterocycles. The van der Waals surface area contributed by atoms with Gasteiger partial charge in [-0.2, -0.15) is 0 Å². The van der Waals surface area contributed by atoms with Gasteiger partial charge >= 0.3 is 5.97 Å². The van der Waals surface area contributed by atoms with E-state index in [0.717, 1.165) is 11.3 Å². The van der Waals surface area contributed by atoms with E-state index in [9.17, 15) is 4.79 Å². The van der Waals surface area contributed by atoms with Gasteiger partial charge in [0.25, 0.3) is 0 Å². The molecule has 0 aliphatic rings. The van der Waals surface area contributed by atoms with Crippen LogP contribution in [0.25, 0.3) is 0 Å². The maximum Gasteiger partial charge on any atom is 0.338 e. The zero-order chi connectivity index (χ0) is 13.8. The summed E-state index contributed by atoms with van der Waals surface area (Å²) in [6.07, 6.45) is 3.17. The van der Waals surface area contributed by atoms with Gasteiger partial charge in [0.05, 0.1) is 11.8 Å². The molecule has 0 radical (unpaired) electrons. The van der Waals surface area contributed by atoms with E-state index in [0.29, 0.717) is 11.4 Å². The van der Waals surface area contributed by atoms with Gasteiger partial charge in [-0.25, -0.2) is 9.78 Å². The zero-order valence-corrected chi connectivity index (χ0v) is 11.2. The van der Waals surface area contributed by atoms with Crippen molar-refractivity contribution < 1.29 is 13.9 Å². The van der Waals surface area contributed by atoms with Gasteiger partial charge in [-0.1, -0.05) is 0 Å². The normalized spacial score (nSPS) is 10.3. The largest absolute Gasteiger partial charge is 0.469 e. The molecule has 0 fully saturated rings. The first kappa shape index (κ1) is 13.1. The maximum atomic E-state index is 11.9. The number of aryl methyl sites for hydroxylation is 1. The van der Waals surface area contributed by atoms with Crippen LogP contribution in [0, 0.1) is 6.92 Å². The summed E-state index contributed by atoms with van der Waals surface area (Å²) in [5, 5.41) is 0. The van der Waals surface area contributed by atoms with E-state index in [-0.39, 0.29) is 12.6 Å². The molecule has 100 valence electrons. The molecule has 0 spiro atoms. The monoisotopic (exact) mass is 260 g/mol. The number of rotatable bonds is 4. The number of ether oxygens (including phenoxy) is 1. The van der Waals surface area contributed by atoms with Crippen molar-refractivity contribution in [3.8, 4) is 0 Å². The summed E-state index contributed by atoms with van der Waals surface area (Å²) in [6, 6.07) is 5.13. The number of nitrogens with zero attached hydrogens (tertiary/aromatic N) is 2. The van der Waals surface area contributed by atoms with Gasteiger partial charge in [0.2, 0.25) is 0 Å². The molecule has 0 aromatic carbocycles. The van der Waals surface area contributed by atoms with Crippen molar-refractivity contribution in [2.45, 2.75) is 13.5 Å². The summed E-state index contributed by atoms with van der Waals surface area (Å²) in [5.74, 6) is 1.11. The van der Waals surface area contributed by atoms with Crippen LogP contribution in [-0.4, -0.2) is 25.0 Å². The average Bonchev–Trinajstić information content (AvgIpc) is 2.81. The number of carbonyl (C=O) groups is 1. The van der Waals surface area contributed by atoms with Crippen molar-refractivity contribution in [2.75, 3.05) is 19.0 Å². The van der Waals surface area contributed by atoms with Crippen molar-refractivity contribution >= 4 is 11.8 Å². The number of furan rings is 1. The van der Waals surface area contributed by atoms with Crippen molar-refractivity contribution in [2.24, 2.45) is 0 Å². The summed E-state index contributed by atoms with van der Waals surface area (Å²) < 4.78 is 10.4. The summed E-state index contributed by atoms with van der Waals surface area (Å²) in [6.45, 7) is 2.04. The molecule has 5 heteroatoms. The first-order valence-corrected chi connectivity index (χ1v) is 5.91. The highest BCUT2D eigenvalue weighted by molar-refractivity contribution is 5.90. The molecule has 5 nitrogen and oxygen atoms in total. The lowest BCUT2D eigenvalue weighted by atomic mass is 10.2. The van der Waals surface area contributed by atoms with Gasteiger partial charge in [0.15, 0.2) is 0 Å². The second-order valence-electron chi connectivity index (χ2n) is 4.38. The second kappa shape index (κ2) is 5.56. The summed E-state index contributed by atoms with van der Waals surface area (Å²) in [4.78, 5) is 17.9. The molecule has 0 atom stereocenters. The highest BCUT2D eigenvalue weighted by Gasteiger charge is 2.11. The van der Waals surface area contributed by atoms with Crippen LogP contribution in [0.3, 0.4) is 0 Å². The van der Waals surface area contributed by atoms with Crippen LogP contribution < -0.4 is 4.90 Å². The lowest BCUT2D eigenvalue weighted by Crippen LogP contribution is -2.12. The van der Waals surface area contributed by atoms with Crippen molar-refractivity contribution in [3.05, 3.63) is 47.5 Å². The lowest BCUT2D eigenvalue weighted by Gasteiger charge is -2.11. The predicted molar refractivity (Wildman–Crippen MR) is 71.1 cm³/mol. The summed E-state index contributed by atoms with van der Waals surface area (Å²) >= 11 is 0. The van der Waals surface area contributed by atoms with Crippen LogP contribution in [0.2, 0.25) is 0 Å². The third-order valence-electron chi connectivity index (χ3n) is 2.76.